The summed E-state index contributed by atoms with van der Waals surface area (Å²) in [4.78, 5) is 17.2. The summed E-state index contributed by atoms with van der Waals surface area (Å²) in [5.74, 6) is 0. The molecule has 0 fully saturated rings. The van der Waals surface area contributed by atoms with E-state index in [1.54, 1.807) is 0 Å². The number of para-hydroxylation sites is 1. The molecule has 0 bridgehead atoms. The van der Waals surface area contributed by atoms with E-state index in [0.29, 0.717) is 6.54 Å². The SMILES string of the molecule is CCCCN(Cc1ccccc1)C(=O)N(CCCC)c1ccccc1. The van der Waals surface area contributed by atoms with Gasteiger partial charge in [-0.25, -0.2) is 4.79 Å². The zero-order valence-electron chi connectivity index (χ0n) is 15.5. The minimum absolute atomic E-state index is 0.108. The van der Waals surface area contributed by atoms with Crippen molar-refractivity contribution in [1.29, 1.82) is 0 Å². The Hall–Kier alpha value is -2.29. The van der Waals surface area contributed by atoms with E-state index in [1.807, 2.05) is 58.3 Å². The third-order valence-corrected chi connectivity index (χ3v) is 4.30. The van der Waals surface area contributed by atoms with E-state index >= 15 is 0 Å². The van der Waals surface area contributed by atoms with Crippen molar-refractivity contribution >= 4 is 11.7 Å². The number of urea groups is 1. The average molecular weight is 338 g/mol. The quantitative estimate of drug-likeness (QED) is 0.574. The van der Waals surface area contributed by atoms with Gasteiger partial charge in [-0.05, 0) is 30.5 Å². The van der Waals surface area contributed by atoms with Gasteiger partial charge in [0.1, 0.15) is 0 Å². The Labute approximate surface area is 152 Å². The molecule has 0 N–H and O–H groups in total. The van der Waals surface area contributed by atoms with E-state index in [4.69, 9.17) is 0 Å². The molecule has 0 aromatic heterocycles. The molecule has 0 aliphatic rings. The number of hydrogen-bond donors (Lipinski definition) is 0. The van der Waals surface area contributed by atoms with Gasteiger partial charge >= 0.3 is 6.03 Å². The van der Waals surface area contributed by atoms with Crippen LogP contribution >= 0.6 is 0 Å². The van der Waals surface area contributed by atoms with Crippen LogP contribution in [-0.2, 0) is 6.54 Å². The van der Waals surface area contributed by atoms with Crippen molar-refractivity contribution in [1.82, 2.24) is 4.90 Å². The van der Waals surface area contributed by atoms with Crippen LogP contribution < -0.4 is 4.90 Å². The topological polar surface area (TPSA) is 23.6 Å². The number of nitrogens with zero attached hydrogens (tertiary/aromatic N) is 2. The Morgan fingerprint density at radius 2 is 1.36 bits per heavy atom. The fourth-order valence-corrected chi connectivity index (χ4v) is 2.83. The summed E-state index contributed by atoms with van der Waals surface area (Å²) in [6, 6.07) is 20.4. The molecule has 134 valence electrons. The first-order valence-corrected chi connectivity index (χ1v) is 9.41. The summed E-state index contributed by atoms with van der Waals surface area (Å²) in [5, 5.41) is 0. The second kappa shape index (κ2) is 10.5. The van der Waals surface area contributed by atoms with E-state index < -0.39 is 0 Å². The van der Waals surface area contributed by atoms with Gasteiger partial charge in [0, 0.05) is 25.3 Å². The van der Waals surface area contributed by atoms with E-state index in [2.05, 4.69) is 26.0 Å². The van der Waals surface area contributed by atoms with Gasteiger partial charge in [0.2, 0.25) is 0 Å². The molecular formula is C22H30N2O. The number of carbonyl (C=O) groups is 1. The van der Waals surface area contributed by atoms with E-state index in [-0.39, 0.29) is 6.03 Å². The molecule has 0 aliphatic heterocycles. The molecule has 2 aromatic rings. The fraction of sp³-hybridized carbons (Fsp3) is 0.409. The molecule has 0 unspecified atom stereocenters. The van der Waals surface area contributed by atoms with Crippen LogP contribution in [0.25, 0.3) is 0 Å². The molecule has 0 saturated heterocycles. The van der Waals surface area contributed by atoms with Crippen molar-refractivity contribution in [3.8, 4) is 0 Å². The van der Waals surface area contributed by atoms with Gasteiger partial charge in [0.05, 0.1) is 0 Å². The molecule has 2 amide bonds. The molecule has 0 radical (unpaired) electrons. The largest absolute Gasteiger partial charge is 0.324 e. The zero-order chi connectivity index (χ0) is 17.9. The van der Waals surface area contributed by atoms with E-state index in [9.17, 15) is 4.79 Å². The van der Waals surface area contributed by atoms with Crippen LogP contribution in [0.2, 0.25) is 0 Å². The first-order valence-electron chi connectivity index (χ1n) is 9.41. The van der Waals surface area contributed by atoms with Gasteiger partial charge in [0.15, 0.2) is 0 Å². The molecule has 3 nitrogen and oxygen atoms in total. The minimum Gasteiger partial charge on any atom is -0.320 e. The highest BCUT2D eigenvalue weighted by Crippen LogP contribution is 2.18. The van der Waals surface area contributed by atoms with Crippen molar-refractivity contribution in [2.24, 2.45) is 0 Å². The molecule has 0 aliphatic carbocycles. The first-order chi connectivity index (χ1) is 12.3. The van der Waals surface area contributed by atoms with Crippen molar-refractivity contribution in [2.75, 3.05) is 18.0 Å². The lowest BCUT2D eigenvalue weighted by molar-refractivity contribution is 0.201. The number of hydrogen-bond acceptors (Lipinski definition) is 1. The van der Waals surface area contributed by atoms with E-state index in [0.717, 1.165) is 44.5 Å². The second-order valence-electron chi connectivity index (χ2n) is 6.38. The minimum atomic E-state index is 0.108. The van der Waals surface area contributed by atoms with Crippen LogP contribution in [0.3, 0.4) is 0 Å². The summed E-state index contributed by atoms with van der Waals surface area (Å²) >= 11 is 0. The summed E-state index contributed by atoms with van der Waals surface area (Å²) in [6.45, 7) is 6.54. The second-order valence-corrected chi connectivity index (χ2v) is 6.38. The maximum absolute atomic E-state index is 13.3. The molecule has 0 atom stereocenters. The van der Waals surface area contributed by atoms with Gasteiger partial charge in [-0.3, -0.25) is 4.90 Å². The lowest BCUT2D eigenvalue weighted by Crippen LogP contribution is -2.44. The summed E-state index contributed by atoms with van der Waals surface area (Å²) < 4.78 is 0. The predicted octanol–water partition coefficient (Wildman–Crippen LogP) is 5.72. The van der Waals surface area contributed by atoms with Crippen molar-refractivity contribution in [3.05, 3.63) is 66.2 Å². The van der Waals surface area contributed by atoms with Crippen molar-refractivity contribution in [2.45, 2.75) is 46.1 Å². The standard InChI is InChI=1S/C22H30N2O/c1-3-5-17-23(19-20-13-9-7-10-14-20)22(25)24(18-6-4-2)21-15-11-8-12-16-21/h7-16H,3-6,17-19H2,1-2H3. The molecule has 2 rings (SSSR count). The summed E-state index contributed by atoms with van der Waals surface area (Å²) in [6.07, 6.45) is 4.19. The van der Waals surface area contributed by atoms with Crippen LogP contribution in [-0.4, -0.2) is 24.0 Å². The van der Waals surface area contributed by atoms with Gasteiger partial charge in [0.25, 0.3) is 0 Å². The molecule has 0 heterocycles. The third kappa shape index (κ3) is 5.93. The monoisotopic (exact) mass is 338 g/mol. The van der Waals surface area contributed by atoms with Crippen molar-refractivity contribution < 1.29 is 4.79 Å². The summed E-state index contributed by atoms with van der Waals surface area (Å²) in [7, 11) is 0. The highest BCUT2D eigenvalue weighted by Gasteiger charge is 2.21. The highest BCUT2D eigenvalue weighted by atomic mass is 16.2. The normalized spacial score (nSPS) is 10.5. The summed E-state index contributed by atoms with van der Waals surface area (Å²) in [5.41, 5.74) is 2.16. The molecule has 0 saturated carbocycles. The first kappa shape index (κ1) is 19.0. The molecular weight excluding hydrogens is 308 g/mol. The van der Waals surface area contributed by atoms with Crippen molar-refractivity contribution in [3.63, 3.8) is 0 Å². The predicted molar refractivity (Wildman–Crippen MR) is 106 cm³/mol. The Morgan fingerprint density at radius 3 is 1.96 bits per heavy atom. The average Bonchev–Trinajstić information content (AvgIpc) is 2.67. The molecule has 0 spiro atoms. The Balaban J connectivity index is 2.20. The third-order valence-electron chi connectivity index (χ3n) is 4.30. The van der Waals surface area contributed by atoms with Crippen LogP contribution in [0.5, 0.6) is 0 Å². The fourth-order valence-electron chi connectivity index (χ4n) is 2.83. The maximum Gasteiger partial charge on any atom is 0.324 e. The van der Waals surface area contributed by atoms with Gasteiger partial charge in [-0.2, -0.15) is 0 Å². The lowest BCUT2D eigenvalue weighted by Gasteiger charge is -2.31. The molecule has 2 aromatic carbocycles. The number of rotatable bonds is 9. The van der Waals surface area contributed by atoms with Gasteiger partial charge in [-0.1, -0.05) is 75.2 Å². The zero-order valence-corrected chi connectivity index (χ0v) is 15.5. The van der Waals surface area contributed by atoms with Crippen LogP contribution in [0.1, 0.15) is 45.1 Å². The molecule has 3 heteroatoms. The number of amides is 2. The Kier molecular flexibility index (Phi) is 8.03. The highest BCUT2D eigenvalue weighted by molar-refractivity contribution is 5.92. The van der Waals surface area contributed by atoms with Gasteiger partial charge < -0.3 is 4.90 Å². The van der Waals surface area contributed by atoms with Crippen LogP contribution in [0.4, 0.5) is 10.5 Å². The van der Waals surface area contributed by atoms with E-state index in [1.165, 1.54) is 5.56 Å². The maximum atomic E-state index is 13.3. The number of benzene rings is 2. The number of unbranched alkanes of at least 4 members (excludes halogenated alkanes) is 2. The molecule has 25 heavy (non-hydrogen) atoms. The van der Waals surface area contributed by atoms with Gasteiger partial charge in [-0.15, -0.1) is 0 Å². The Bertz CT molecular complexity index is 612. The smallest absolute Gasteiger partial charge is 0.320 e. The number of carbonyl (C=O) groups excluding carboxylic acids is 1. The van der Waals surface area contributed by atoms with Crippen LogP contribution in [0.15, 0.2) is 60.7 Å². The lowest BCUT2D eigenvalue weighted by atomic mass is 10.2. The Morgan fingerprint density at radius 1 is 0.800 bits per heavy atom. The van der Waals surface area contributed by atoms with Crippen LogP contribution in [0, 0.1) is 0 Å². The number of anilines is 1.